The summed E-state index contributed by atoms with van der Waals surface area (Å²) in [5.41, 5.74) is 2.41. The van der Waals surface area contributed by atoms with Crippen molar-refractivity contribution >= 4 is 17.6 Å². The fraction of sp³-hybridized carbons (Fsp3) is 0.353. The van der Waals surface area contributed by atoms with E-state index in [4.69, 9.17) is 4.74 Å². The highest BCUT2D eigenvalue weighted by Gasteiger charge is 2.16. The molecule has 6 nitrogen and oxygen atoms in total. The van der Waals surface area contributed by atoms with E-state index in [9.17, 15) is 4.79 Å². The minimum Gasteiger partial charge on any atom is -0.444 e. The molecule has 0 bridgehead atoms. The molecule has 23 heavy (non-hydrogen) atoms. The lowest BCUT2D eigenvalue weighted by atomic mass is 10.2. The van der Waals surface area contributed by atoms with Gasteiger partial charge in [-0.3, -0.25) is 10.3 Å². The lowest BCUT2D eigenvalue weighted by molar-refractivity contribution is 0.0635. The predicted molar refractivity (Wildman–Crippen MR) is 90.4 cm³/mol. The third-order valence-corrected chi connectivity index (χ3v) is 2.86. The summed E-state index contributed by atoms with van der Waals surface area (Å²) in [4.78, 5) is 20.1. The van der Waals surface area contributed by atoms with Crippen LogP contribution in [0.4, 0.5) is 16.3 Å². The van der Waals surface area contributed by atoms with Crippen molar-refractivity contribution in [3.8, 4) is 0 Å². The third-order valence-electron chi connectivity index (χ3n) is 2.86. The molecule has 0 fully saturated rings. The number of aryl methyl sites for hydroxylation is 1. The van der Waals surface area contributed by atoms with Crippen molar-refractivity contribution in [3.05, 3.63) is 47.9 Å². The molecule has 0 aliphatic carbocycles. The van der Waals surface area contributed by atoms with Crippen LogP contribution < -0.4 is 10.6 Å². The molecule has 0 radical (unpaired) electrons. The second-order valence-electron chi connectivity index (χ2n) is 6.22. The standard InChI is InChI=1S/C17H22N4O2/c1-12-5-6-13(9-18-12)10-19-14-7-8-15(20-11-14)21-16(22)23-17(2,3)4/h5-9,11,19H,10H2,1-4H3,(H,20,21,22). The third kappa shape index (κ3) is 5.94. The molecular weight excluding hydrogens is 292 g/mol. The zero-order valence-electron chi connectivity index (χ0n) is 13.9. The average Bonchev–Trinajstić information content (AvgIpc) is 2.46. The van der Waals surface area contributed by atoms with Gasteiger partial charge in [-0.05, 0) is 51.5 Å². The first-order chi connectivity index (χ1) is 10.8. The highest BCUT2D eigenvalue weighted by atomic mass is 16.6. The summed E-state index contributed by atoms with van der Waals surface area (Å²) in [6.07, 6.45) is 2.99. The molecule has 2 heterocycles. The molecular formula is C17H22N4O2. The van der Waals surface area contributed by atoms with Crippen LogP contribution >= 0.6 is 0 Å². The van der Waals surface area contributed by atoms with Gasteiger partial charge < -0.3 is 10.1 Å². The molecule has 0 unspecified atom stereocenters. The van der Waals surface area contributed by atoms with E-state index in [0.29, 0.717) is 12.4 Å². The van der Waals surface area contributed by atoms with Crippen molar-refractivity contribution < 1.29 is 9.53 Å². The molecule has 6 heteroatoms. The predicted octanol–water partition coefficient (Wildman–Crippen LogP) is 3.74. The minimum atomic E-state index is -0.534. The van der Waals surface area contributed by atoms with E-state index >= 15 is 0 Å². The van der Waals surface area contributed by atoms with E-state index in [-0.39, 0.29) is 0 Å². The van der Waals surface area contributed by atoms with Crippen LogP contribution in [-0.4, -0.2) is 21.7 Å². The monoisotopic (exact) mass is 314 g/mol. The van der Waals surface area contributed by atoms with Crippen molar-refractivity contribution in [2.24, 2.45) is 0 Å². The van der Waals surface area contributed by atoms with Crippen molar-refractivity contribution in [2.45, 2.75) is 39.8 Å². The van der Waals surface area contributed by atoms with Crippen LogP contribution in [0.3, 0.4) is 0 Å². The van der Waals surface area contributed by atoms with Gasteiger partial charge in [-0.1, -0.05) is 6.07 Å². The average molecular weight is 314 g/mol. The number of nitrogens with zero attached hydrogens (tertiary/aromatic N) is 2. The summed E-state index contributed by atoms with van der Waals surface area (Å²) < 4.78 is 5.17. The first-order valence-corrected chi connectivity index (χ1v) is 7.43. The molecule has 0 aliphatic rings. The highest BCUT2D eigenvalue weighted by Crippen LogP contribution is 2.13. The number of carbonyl (C=O) groups excluding carboxylic acids is 1. The van der Waals surface area contributed by atoms with Crippen molar-refractivity contribution in [2.75, 3.05) is 10.6 Å². The molecule has 2 N–H and O–H groups in total. The smallest absolute Gasteiger partial charge is 0.413 e. The second-order valence-corrected chi connectivity index (χ2v) is 6.22. The Morgan fingerprint density at radius 3 is 2.48 bits per heavy atom. The van der Waals surface area contributed by atoms with E-state index in [2.05, 4.69) is 20.6 Å². The summed E-state index contributed by atoms with van der Waals surface area (Å²) in [6.45, 7) is 8.05. The van der Waals surface area contributed by atoms with Crippen LogP contribution in [-0.2, 0) is 11.3 Å². The lowest BCUT2D eigenvalue weighted by Crippen LogP contribution is -2.27. The van der Waals surface area contributed by atoms with E-state index < -0.39 is 11.7 Å². The van der Waals surface area contributed by atoms with Crippen LogP contribution in [0.15, 0.2) is 36.7 Å². The topological polar surface area (TPSA) is 76.1 Å². The fourth-order valence-electron chi connectivity index (χ4n) is 1.79. The zero-order valence-corrected chi connectivity index (χ0v) is 13.9. The maximum atomic E-state index is 11.7. The van der Waals surface area contributed by atoms with Gasteiger partial charge in [0.2, 0.25) is 0 Å². The van der Waals surface area contributed by atoms with Crippen molar-refractivity contribution in [1.82, 2.24) is 9.97 Å². The van der Waals surface area contributed by atoms with Gasteiger partial charge >= 0.3 is 6.09 Å². The van der Waals surface area contributed by atoms with E-state index in [1.807, 2.05) is 52.1 Å². The normalized spacial score (nSPS) is 11.0. The number of anilines is 2. The first kappa shape index (κ1) is 16.7. The first-order valence-electron chi connectivity index (χ1n) is 7.43. The van der Waals surface area contributed by atoms with Crippen LogP contribution in [0.25, 0.3) is 0 Å². The minimum absolute atomic E-state index is 0.446. The number of carbonyl (C=O) groups is 1. The van der Waals surface area contributed by atoms with Gasteiger partial charge in [0.15, 0.2) is 0 Å². The quantitative estimate of drug-likeness (QED) is 0.899. The maximum Gasteiger partial charge on any atom is 0.413 e. The molecule has 0 spiro atoms. The molecule has 2 rings (SSSR count). The van der Waals surface area contributed by atoms with Gasteiger partial charge in [0, 0.05) is 18.4 Å². The van der Waals surface area contributed by atoms with Gasteiger partial charge in [-0.15, -0.1) is 0 Å². The summed E-state index contributed by atoms with van der Waals surface area (Å²) in [7, 11) is 0. The molecule has 0 aliphatic heterocycles. The molecule has 1 amide bonds. The number of amides is 1. The number of aromatic nitrogens is 2. The van der Waals surface area contributed by atoms with Gasteiger partial charge in [0.25, 0.3) is 0 Å². The Kier molecular flexibility index (Phi) is 5.16. The molecule has 2 aromatic rings. The van der Waals surface area contributed by atoms with Gasteiger partial charge in [0.05, 0.1) is 11.9 Å². The van der Waals surface area contributed by atoms with E-state index in [0.717, 1.165) is 16.9 Å². The summed E-state index contributed by atoms with van der Waals surface area (Å²) >= 11 is 0. The van der Waals surface area contributed by atoms with E-state index in [1.54, 1.807) is 12.3 Å². The number of pyridine rings is 2. The Bertz CT molecular complexity index is 646. The molecule has 0 atom stereocenters. The fourth-order valence-corrected chi connectivity index (χ4v) is 1.79. The van der Waals surface area contributed by atoms with Gasteiger partial charge in [-0.25, -0.2) is 9.78 Å². The molecule has 0 aromatic carbocycles. The Hall–Kier alpha value is -2.63. The van der Waals surface area contributed by atoms with Crippen molar-refractivity contribution in [3.63, 3.8) is 0 Å². The summed E-state index contributed by atoms with van der Waals surface area (Å²) in [5.74, 6) is 0.446. The Balaban J connectivity index is 1.87. The van der Waals surface area contributed by atoms with E-state index in [1.165, 1.54) is 0 Å². The molecule has 122 valence electrons. The van der Waals surface area contributed by atoms with Crippen molar-refractivity contribution in [1.29, 1.82) is 0 Å². The highest BCUT2D eigenvalue weighted by molar-refractivity contribution is 5.83. The Morgan fingerprint density at radius 1 is 1.13 bits per heavy atom. The van der Waals surface area contributed by atoms with Crippen LogP contribution in [0, 0.1) is 6.92 Å². The summed E-state index contributed by atoms with van der Waals surface area (Å²) in [5, 5.41) is 5.85. The molecule has 2 aromatic heterocycles. The zero-order chi connectivity index (χ0) is 16.9. The largest absolute Gasteiger partial charge is 0.444 e. The maximum absolute atomic E-state index is 11.7. The Morgan fingerprint density at radius 2 is 1.91 bits per heavy atom. The van der Waals surface area contributed by atoms with Crippen LogP contribution in [0.5, 0.6) is 0 Å². The number of hydrogen-bond donors (Lipinski definition) is 2. The van der Waals surface area contributed by atoms with Gasteiger partial charge in [0.1, 0.15) is 11.4 Å². The summed E-state index contributed by atoms with van der Waals surface area (Å²) in [6, 6.07) is 7.57. The molecule has 0 saturated heterocycles. The lowest BCUT2D eigenvalue weighted by Gasteiger charge is -2.19. The number of rotatable bonds is 4. The van der Waals surface area contributed by atoms with Crippen LogP contribution in [0.2, 0.25) is 0 Å². The SMILES string of the molecule is Cc1ccc(CNc2ccc(NC(=O)OC(C)(C)C)nc2)cn1. The number of hydrogen-bond acceptors (Lipinski definition) is 5. The Labute approximate surface area is 136 Å². The number of ether oxygens (including phenoxy) is 1. The van der Waals surface area contributed by atoms with Gasteiger partial charge in [-0.2, -0.15) is 0 Å². The number of nitrogens with one attached hydrogen (secondary N) is 2. The second kappa shape index (κ2) is 7.09. The molecule has 0 saturated carbocycles. The van der Waals surface area contributed by atoms with Crippen LogP contribution in [0.1, 0.15) is 32.0 Å².